The Bertz CT molecular complexity index is 350. The number of hydrogen-bond acceptors (Lipinski definition) is 3. The van der Waals surface area contributed by atoms with Crippen LogP contribution in [0.3, 0.4) is 0 Å². The molecule has 15 heavy (non-hydrogen) atoms. The lowest BCUT2D eigenvalue weighted by atomic mass is 10.1. The summed E-state index contributed by atoms with van der Waals surface area (Å²) in [5, 5.41) is 8.78. The monoisotopic (exact) mass is 208 g/mol. The molecule has 1 aromatic heterocycles. The zero-order valence-electron chi connectivity index (χ0n) is 9.27. The SMILES string of the molecule is CC(Cc1ccnc(C(C)C)n1)C(=O)O. The Balaban J connectivity index is 2.78. The van der Waals surface area contributed by atoms with Crippen LogP contribution in [0.4, 0.5) is 0 Å². The predicted molar refractivity (Wildman–Crippen MR) is 56.6 cm³/mol. The van der Waals surface area contributed by atoms with Crippen molar-refractivity contribution >= 4 is 5.97 Å². The Hall–Kier alpha value is -1.45. The predicted octanol–water partition coefficient (Wildman–Crippen LogP) is 1.86. The van der Waals surface area contributed by atoms with Gasteiger partial charge in [0.2, 0.25) is 0 Å². The highest BCUT2D eigenvalue weighted by Crippen LogP contribution is 2.11. The molecule has 0 aromatic carbocycles. The van der Waals surface area contributed by atoms with Gasteiger partial charge < -0.3 is 5.11 Å². The van der Waals surface area contributed by atoms with Crippen molar-refractivity contribution in [2.45, 2.75) is 33.1 Å². The quantitative estimate of drug-likeness (QED) is 0.820. The molecule has 0 aliphatic heterocycles. The lowest BCUT2D eigenvalue weighted by Gasteiger charge is -2.08. The van der Waals surface area contributed by atoms with E-state index in [4.69, 9.17) is 5.11 Å². The molecule has 0 amide bonds. The average molecular weight is 208 g/mol. The number of hydrogen-bond donors (Lipinski definition) is 1. The highest BCUT2D eigenvalue weighted by molar-refractivity contribution is 5.69. The Morgan fingerprint density at radius 3 is 2.67 bits per heavy atom. The Morgan fingerprint density at radius 2 is 2.13 bits per heavy atom. The largest absolute Gasteiger partial charge is 0.481 e. The van der Waals surface area contributed by atoms with E-state index < -0.39 is 11.9 Å². The van der Waals surface area contributed by atoms with Crippen LogP contribution >= 0.6 is 0 Å². The van der Waals surface area contributed by atoms with Crippen LogP contribution < -0.4 is 0 Å². The number of rotatable bonds is 4. The Labute approximate surface area is 89.4 Å². The summed E-state index contributed by atoms with van der Waals surface area (Å²) in [5.74, 6) is -0.158. The van der Waals surface area contributed by atoms with E-state index in [-0.39, 0.29) is 5.92 Å². The number of carboxylic acid groups (broad SMARTS) is 1. The van der Waals surface area contributed by atoms with Crippen molar-refractivity contribution in [3.8, 4) is 0 Å². The van der Waals surface area contributed by atoms with Gasteiger partial charge in [-0.2, -0.15) is 0 Å². The van der Waals surface area contributed by atoms with Crippen LogP contribution in [0.2, 0.25) is 0 Å². The van der Waals surface area contributed by atoms with Gasteiger partial charge in [-0.05, 0) is 6.07 Å². The molecule has 82 valence electrons. The van der Waals surface area contributed by atoms with Gasteiger partial charge in [-0.3, -0.25) is 4.79 Å². The van der Waals surface area contributed by atoms with Crippen LogP contribution in [0.25, 0.3) is 0 Å². The van der Waals surface area contributed by atoms with Crippen molar-refractivity contribution in [2.75, 3.05) is 0 Å². The number of aromatic nitrogens is 2. The third kappa shape index (κ3) is 3.31. The van der Waals surface area contributed by atoms with Gasteiger partial charge in [-0.1, -0.05) is 20.8 Å². The second-order valence-corrected chi connectivity index (χ2v) is 4.00. The van der Waals surface area contributed by atoms with E-state index in [0.717, 1.165) is 11.5 Å². The van der Waals surface area contributed by atoms with E-state index in [1.54, 1.807) is 19.2 Å². The van der Waals surface area contributed by atoms with E-state index in [1.165, 1.54) is 0 Å². The van der Waals surface area contributed by atoms with Gasteiger partial charge in [0.05, 0.1) is 5.92 Å². The van der Waals surface area contributed by atoms with Crippen LogP contribution in [-0.2, 0) is 11.2 Å². The second kappa shape index (κ2) is 4.87. The standard InChI is InChI=1S/C11H16N2O2/c1-7(2)10-12-5-4-9(13-10)6-8(3)11(14)15/h4-5,7-8H,6H2,1-3H3,(H,14,15). The maximum absolute atomic E-state index is 10.7. The third-order valence-corrected chi connectivity index (χ3v) is 2.19. The molecule has 1 heterocycles. The summed E-state index contributed by atoms with van der Waals surface area (Å²) < 4.78 is 0. The molecule has 1 rings (SSSR count). The molecule has 0 aliphatic rings. The van der Waals surface area contributed by atoms with Crippen LogP contribution in [0.5, 0.6) is 0 Å². The van der Waals surface area contributed by atoms with Gasteiger partial charge in [-0.15, -0.1) is 0 Å². The second-order valence-electron chi connectivity index (χ2n) is 4.00. The topological polar surface area (TPSA) is 63.1 Å². The molecule has 0 aliphatic carbocycles. The molecular weight excluding hydrogens is 192 g/mol. The summed E-state index contributed by atoms with van der Waals surface area (Å²) in [6.45, 7) is 5.71. The maximum Gasteiger partial charge on any atom is 0.306 e. The highest BCUT2D eigenvalue weighted by Gasteiger charge is 2.13. The molecule has 0 bridgehead atoms. The lowest BCUT2D eigenvalue weighted by Crippen LogP contribution is -2.14. The Kier molecular flexibility index (Phi) is 3.77. The number of aliphatic carboxylic acids is 1. The van der Waals surface area contributed by atoms with Gasteiger partial charge in [0, 0.05) is 24.2 Å². The van der Waals surface area contributed by atoms with Crippen molar-refractivity contribution < 1.29 is 9.90 Å². The molecule has 1 aromatic rings. The van der Waals surface area contributed by atoms with E-state index in [9.17, 15) is 4.79 Å². The van der Waals surface area contributed by atoms with E-state index in [2.05, 4.69) is 9.97 Å². The van der Waals surface area contributed by atoms with Crippen LogP contribution in [-0.4, -0.2) is 21.0 Å². The first kappa shape index (κ1) is 11.6. The maximum atomic E-state index is 10.7. The first-order chi connectivity index (χ1) is 7.00. The Morgan fingerprint density at radius 1 is 1.47 bits per heavy atom. The van der Waals surface area contributed by atoms with Crippen LogP contribution in [0.1, 0.15) is 38.2 Å². The zero-order valence-corrected chi connectivity index (χ0v) is 9.27. The summed E-state index contributed by atoms with van der Waals surface area (Å²) in [7, 11) is 0. The molecule has 1 N–H and O–H groups in total. The summed E-state index contributed by atoms with van der Waals surface area (Å²) in [6, 6.07) is 1.77. The highest BCUT2D eigenvalue weighted by atomic mass is 16.4. The summed E-state index contributed by atoms with van der Waals surface area (Å²) in [6.07, 6.45) is 2.14. The fraction of sp³-hybridized carbons (Fsp3) is 0.545. The lowest BCUT2D eigenvalue weighted by molar-refractivity contribution is -0.141. The molecule has 4 heteroatoms. The molecule has 1 unspecified atom stereocenters. The summed E-state index contributed by atoms with van der Waals surface area (Å²) in [4.78, 5) is 19.1. The minimum atomic E-state index is -0.792. The van der Waals surface area contributed by atoms with Crippen molar-refractivity contribution in [3.63, 3.8) is 0 Å². The molecule has 0 saturated heterocycles. The first-order valence-corrected chi connectivity index (χ1v) is 5.05. The molecule has 4 nitrogen and oxygen atoms in total. The van der Waals surface area contributed by atoms with Gasteiger partial charge in [0.1, 0.15) is 5.82 Å². The summed E-state index contributed by atoms with van der Waals surface area (Å²) in [5.41, 5.74) is 0.795. The van der Waals surface area contributed by atoms with Gasteiger partial charge >= 0.3 is 5.97 Å². The average Bonchev–Trinajstić information content (AvgIpc) is 2.18. The smallest absolute Gasteiger partial charge is 0.306 e. The molecule has 0 fully saturated rings. The number of carbonyl (C=O) groups is 1. The molecule has 1 atom stereocenters. The first-order valence-electron chi connectivity index (χ1n) is 5.05. The normalized spacial score (nSPS) is 12.8. The van der Waals surface area contributed by atoms with E-state index >= 15 is 0 Å². The third-order valence-electron chi connectivity index (χ3n) is 2.19. The molecule has 0 spiro atoms. The van der Waals surface area contributed by atoms with Crippen molar-refractivity contribution in [1.29, 1.82) is 0 Å². The minimum Gasteiger partial charge on any atom is -0.481 e. The van der Waals surface area contributed by atoms with Crippen molar-refractivity contribution in [1.82, 2.24) is 9.97 Å². The van der Waals surface area contributed by atoms with Crippen LogP contribution in [0.15, 0.2) is 12.3 Å². The zero-order chi connectivity index (χ0) is 11.4. The van der Waals surface area contributed by atoms with Gasteiger partial charge in [-0.25, -0.2) is 9.97 Å². The molecular formula is C11H16N2O2. The molecule has 0 saturated carbocycles. The summed E-state index contributed by atoms with van der Waals surface area (Å²) >= 11 is 0. The van der Waals surface area contributed by atoms with Gasteiger partial charge in [0.15, 0.2) is 0 Å². The fourth-order valence-corrected chi connectivity index (χ4v) is 1.21. The molecule has 0 radical (unpaired) electrons. The number of nitrogens with zero attached hydrogens (tertiary/aromatic N) is 2. The number of carboxylic acids is 1. The van der Waals surface area contributed by atoms with Gasteiger partial charge in [0.25, 0.3) is 0 Å². The fourth-order valence-electron chi connectivity index (χ4n) is 1.21. The van der Waals surface area contributed by atoms with Crippen molar-refractivity contribution in [2.24, 2.45) is 5.92 Å². The van der Waals surface area contributed by atoms with E-state index in [1.807, 2.05) is 13.8 Å². The minimum absolute atomic E-state index is 0.269. The van der Waals surface area contributed by atoms with Crippen LogP contribution in [0, 0.1) is 5.92 Å². The van der Waals surface area contributed by atoms with E-state index in [0.29, 0.717) is 6.42 Å². The van der Waals surface area contributed by atoms with Crippen molar-refractivity contribution in [3.05, 3.63) is 23.8 Å².